The standard InChI is InChI=1S/C21H29N3O3S/c1-16-5-7-19(8-6-16)28(25,26)24-12-10-21(15-24)9-4-11-23(14-21)13-20-17(2)22-27-18(20)3/h5-8H,4,9-15H2,1-3H3/t21-/m1/s1. The first kappa shape index (κ1) is 19.6. The summed E-state index contributed by atoms with van der Waals surface area (Å²) in [4.78, 5) is 2.84. The molecule has 28 heavy (non-hydrogen) atoms. The molecule has 0 radical (unpaired) electrons. The van der Waals surface area contributed by atoms with Crippen LogP contribution in [0.2, 0.25) is 0 Å². The number of aryl methyl sites for hydroxylation is 3. The van der Waals surface area contributed by atoms with Crippen molar-refractivity contribution in [1.82, 2.24) is 14.4 Å². The molecule has 2 saturated heterocycles. The van der Waals surface area contributed by atoms with E-state index in [9.17, 15) is 8.42 Å². The maximum Gasteiger partial charge on any atom is 0.243 e. The van der Waals surface area contributed by atoms with Crippen LogP contribution < -0.4 is 0 Å². The first-order valence-electron chi connectivity index (χ1n) is 10.0. The molecule has 4 rings (SSSR count). The highest BCUT2D eigenvalue weighted by molar-refractivity contribution is 7.89. The number of likely N-dealkylation sites (tertiary alicyclic amines) is 1. The van der Waals surface area contributed by atoms with E-state index in [0.29, 0.717) is 18.0 Å². The lowest BCUT2D eigenvalue weighted by molar-refractivity contribution is 0.0930. The zero-order valence-electron chi connectivity index (χ0n) is 16.9. The summed E-state index contributed by atoms with van der Waals surface area (Å²) in [6.45, 7) is 9.92. The third-order valence-corrected chi connectivity index (χ3v) is 8.22. The molecule has 6 nitrogen and oxygen atoms in total. The molecule has 2 aliphatic rings. The van der Waals surface area contributed by atoms with Crippen LogP contribution in [0.5, 0.6) is 0 Å². The van der Waals surface area contributed by atoms with E-state index in [1.807, 2.05) is 32.9 Å². The molecular weight excluding hydrogens is 374 g/mol. The van der Waals surface area contributed by atoms with E-state index in [2.05, 4.69) is 10.1 Å². The van der Waals surface area contributed by atoms with E-state index >= 15 is 0 Å². The summed E-state index contributed by atoms with van der Waals surface area (Å²) in [6, 6.07) is 7.18. The summed E-state index contributed by atoms with van der Waals surface area (Å²) in [6.07, 6.45) is 3.11. The quantitative estimate of drug-likeness (QED) is 0.784. The SMILES string of the molecule is Cc1ccc(S(=O)(=O)N2CC[C@@]3(CCCN(Cc4c(C)noc4C)C3)C2)cc1. The van der Waals surface area contributed by atoms with Crippen molar-refractivity contribution >= 4 is 10.0 Å². The third kappa shape index (κ3) is 3.63. The Bertz CT molecular complexity index is 932. The van der Waals surface area contributed by atoms with Crippen molar-refractivity contribution in [3.8, 4) is 0 Å². The van der Waals surface area contributed by atoms with Crippen molar-refractivity contribution < 1.29 is 12.9 Å². The van der Waals surface area contributed by atoms with Gasteiger partial charge in [0.15, 0.2) is 0 Å². The molecule has 152 valence electrons. The van der Waals surface area contributed by atoms with Crippen LogP contribution in [0.1, 0.15) is 41.8 Å². The highest BCUT2D eigenvalue weighted by atomic mass is 32.2. The van der Waals surface area contributed by atoms with Crippen LogP contribution in [-0.4, -0.2) is 49.0 Å². The smallest absolute Gasteiger partial charge is 0.243 e. The van der Waals surface area contributed by atoms with Crippen LogP contribution in [0, 0.1) is 26.2 Å². The first-order chi connectivity index (χ1) is 13.3. The zero-order chi connectivity index (χ0) is 19.9. The number of hydrogen-bond acceptors (Lipinski definition) is 5. The molecule has 0 N–H and O–H groups in total. The second kappa shape index (κ2) is 7.28. The van der Waals surface area contributed by atoms with E-state index in [4.69, 9.17) is 4.52 Å². The Balaban J connectivity index is 1.48. The van der Waals surface area contributed by atoms with E-state index < -0.39 is 10.0 Å². The van der Waals surface area contributed by atoms with E-state index in [0.717, 1.165) is 55.9 Å². The van der Waals surface area contributed by atoms with Gasteiger partial charge in [0.2, 0.25) is 10.0 Å². The second-order valence-corrected chi connectivity index (χ2v) is 10.5. The summed E-state index contributed by atoms with van der Waals surface area (Å²) in [5.41, 5.74) is 3.24. The lowest BCUT2D eigenvalue weighted by Crippen LogP contribution is -2.45. The van der Waals surface area contributed by atoms with E-state index in [1.54, 1.807) is 16.4 Å². The lowest BCUT2D eigenvalue weighted by Gasteiger charge is -2.40. The fraction of sp³-hybridized carbons (Fsp3) is 0.571. The summed E-state index contributed by atoms with van der Waals surface area (Å²) >= 11 is 0. The van der Waals surface area contributed by atoms with Crippen LogP contribution >= 0.6 is 0 Å². The highest BCUT2D eigenvalue weighted by Gasteiger charge is 2.45. The Morgan fingerprint density at radius 3 is 2.50 bits per heavy atom. The normalized spacial score (nSPS) is 24.2. The summed E-state index contributed by atoms with van der Waals surface area (Å²) in [5.74, 6) is 0.882. The van der Waals surface area contributed by atoms with Crippen LogP contribution in [-0.2, 0) is 16.6 Å². The highest BCUT2D eigenvalue weighted by Crippen LogP contribution is 2.41. The molecule has 2 fully saturated rings. The Kier molecular flexibility index (Phi) is 5.10. The van der Waals surface area contributed by atoms with Crippen molar-refractivity contribution in [2.75, 3.05) is 26.2 Å². The number of rotatable bonds is 4. The predicted molar refractivity (Wildman–Crippen MR) is 107 cm³/mol. The summed E-state index contributed by atoms with van der Waals surface area (Å²) < 4.78 is 33.2. The average molecular weight is 404 g/mol. The Morgan fingerprint density at radius 2 is 1.82 bits per heavy atom. The number of nitrogens with zero attached hydrogens (tertiary/aromatic N) is 3. The molecule has 0 unspecified atom stereocenters. The fourth-order valence-electron chi connectivity index (χ4n) is 4.69. The molecule has 1 spiro atoms. The van der Waals surface area contributed by atoms with Gasteiger partial charge in [0, 0.05) is 31.7 Å². The fourth-order valence-corrected chi connectivity index (χ4v) is 6.24. The van der Waals surface area contributed by atoms with E-state index in [1.165, 1.54) is 5.56 Å². The third-order valence-electron chi connectivity index (χ3n) is 6.37. The van der Waals surface area contributed by atoms with Gasteiger partial charge in [-0.15, -0.1) is 0 Å². The first-order valence-corrected chi connectivity index (χ1v) is 11.4. The van der Waals surface area contributed by atoms with Gasteiger partial charge in [-0.25, -0.2) is 8.42 Å². The minimum atomic E-state index is -3.42. The average Bonchev–Trinajstić information content (AvgIpc) is 3.21. The number of hydrogen-bond donors (Lipinski definition) is 0. The van der Waals surface area contributed by atoms with Crippen molar-refractivity contribution in [2.24, 2.45) is 5.41 Å². The van der Waals surface area contributed by atoms with Crippen LogP contribution in [0.25, 0.3) is 0 Å². The lowest BCUT2D eigenvalue weighted by atomic mass is 9.79. The van der Waals surface area contributed by atoms with Crippen molar-refractivity contribution in [3.63, 3.8) is 0 Å². The zero-order valence-corrected chi connectivity index (χ0v) is 17.8. The molecule has 0 saturated carbocycles. The van der Waals surface area contributed by atoms with Crippen LogP contribution in [0.4, 0.5) is 0 Å². The second-order valence-electron chi connectivity index (χ2n) is 8.52. The van der Waals surface area contributed by atoms with Gasteiger partial charge in [-0.3, -0.25) is 4.90 Å². The molecule has 1 atom stereocenters. The minimum absolute atomic E-state index is 0.0506. The topological polar surface area (TPSA) is 66.7 Å². The molecule has 7 heteroatoms. The van der Waals surface area contributed by atoms with Gasteiger partial charge in [0.05, 0.1) is 10.6 Å². The maximum absolute atomic E-state index is 13.1. The van der Waals surface area contributed by atoms with Gasteiger partial charge in [-0.05, 0) is 64.1 Å². The Morgan fingerprint density at radius 1 is 1.07 bits per heavy atom. The predicted octanol–water partition coefficient (Wildman–Crippen LogP) is 3.28. The number of aromatic nitrogens is 1. The van der Waals surface area contributed by atoms with Gasteiger partial charge in [-0.1, -0.05) is 22.9 Å². The van der Waals surface area contributed by atoms with E-state index in [-0.39, 0.29) is 5.41 Å². The van der Waals surface area contributed by atoms with Crippen molar-refractivity contribution in [2.45, 2.75) is 51.5 Å². The van der Waals surface area contributed by atoms with Crippen molar-refractivity contribution in [3.05, 3.63) is 46.8 Å². The largest absolute Gasteiger partial charge is 0.361 e. The molecule has 0 bridgehead atoms. The molecule has 0 amide bonds. The number of sulfonamides is 1. The van der Waals surface area contributed by atoms with Gasteiger partial charge < -0.3 is 4.52 Å². The van der Waals surface area contributed by atoms with Gasteiger partial charge in [0.1, 0.15) is 5.76 Å². The molecular formula is C21H29N3O3S. The Labute approximate surface area is 167 Å². The van der Waals surface area contributed by atoms with Crippen molar-refractivity contribution in [1.29, 1.82) is 0 Å². The Hall–Kier alpha value is -1.70. The molecule has 3 heterocycles. The summed E-state index contributed by atoms with van der Waals surface area (Å²) in [7, 11) is -3.42. The molecule has 1 aromatic heterocycles. The number of piperidine rings is 1. The molecule has 2 aromatic rings. The van der Waals surface area contributed by atoms with Crippen LogP contribution in [0.3, 0.4) is 0 Å². The monoisotopic (exact) mass is 403 g/mol. The molecule has 1 aromatic carbocycles. The van der Waals surface area contributed by atoms with Gasteiger partial charge in [0.25, 0.3) is 0 Å². The number of benzene rings is 1. The maximum atomic E-state index is 13.1. The van der Waals surface area contributed by atoms with Gasteiger partial charge >= 0.3 is 0 Å². The summed E-state index contributed by atoms with van der Waals surface area (Å²) in [5, 5.41) is 4.07. The molecule has 2 aliphatic heterocycles. The minimum Gasteiger partial charge on any atom is -0.361 e. The molecule has 0 aliphatic carbocycles. The van der Waals surface area contributed by atoms with Gasteiger partial charge in [-0.2, -0.15) is 4.31 Å². The van der Waals surface area contributed by atoms with Crippen LogP contribution in [0.15, 0.2) is 33.7 Å².